The fraction of sp³-hybridized carbons (Fsp3) is 0.375. The van der Waals surface area contributed by atoms with E-state index >= 15 is 0 Å². The number of aromatic nitrogens is 2. The standard InChI is InChI=1S/C16H18N2O2/c1-17-15(19)9-10-18(16(17)20)11-12-5-7-14(8-6-12)13-3-2-4-13/h5-10,13H,2-4,11H2,1H3. The summed E-state index contributed by atoms with van der Waals surface area (Å²) in [6.45, 7) is 0.498. The van der Waals surface area contributed by atoms with Gasteiger partial charge in [-0.25, -0.2) is 4.79 Å². The van der Waals surface area contributed by atoms with Gasteiger partial charge in [-0.1, -0.05) is 30.7 Å². The summed E-state index contributed by atoms with van der Waals surface area (Å²) in [5.74, 6) is 0.726. The van der Waals surface area contributed by atoms with Gasteiger partial charge in [0.15, 0.2) is 0 Å². The minimum absolute atomic E-state index is 0.272. The third-order valence-electron chi connectivity index (χ3n) is 4.17. The molecule has 104 valence electrons. The van der Waals surface area contributed by atoms with E-state index in [9.17, 15) is 9.59 Å². The Hall–Kier alpha value is -2.10. The fourth-order valence-corrected chi connectivity index (χ4v) is 2.57. The van der Waals surface area contributed by atoms with Gasteiger partial charge < -0.3 is 0 Å². The van der Waals surface area contributed by atoms with Crippen LogP contribution in [0.15, 0.2) is 46.1 Å². The molecule has 0 saturated heterocycles. The Morgan fingerprint density at radius 3 is 2.40 bits per heavy atom. The Labute approximate surface area is 117 Å². The van der Waals surface area contributed by atoms with Crippen molar-refractivity contribution in [2.75, 3.05) is 0 Å². The van der Waals surface area contributed by atoms with E-state index < -0.39 is 0 Å². The molecule has 1 aliphatic rings. The maximum atomic E-state index is 12.0. The number of rotatable bonds is 3. The zero-order chi connectivity index (χ0) is 14.1. The summed E-state index contributed by atoms with van der Waals surface area (Å²) in [5, 5.41) is 0. The van der Waals surface area contributed by atoms with E-state index in [4.69, 9.17) is 0 Å². The Morgan fingerprint density at radius 2 is 1.80 bits per heavy atom. The van der Waals surface area contributed by atoms with Crippen LogP contribution in [0.25, 0.3) is 0 Å². The minimum Gasteiger partial charge on any atom is -0.296 e. The topological polar surface area (TPSA) is 44.0 Å². The Bertz CT molecular complexity index is 721. The zero-order valence-electron chi connectivity index (χ0n) is 11.6. The number of nitrogens with zero attached hydrogens (tertiary/aromatic N) is 2. The second-order valence-electron chi connectivity index (χ2n) is 5.49. The third kappa shape index (κ3) is 2.33. The van der Waals surface area contributed by atoms with Crippen LogP contribution in [0.1, 0.15) is 36.3 Å². The molecule has 0 unspecified atom stereocenters. The summed E-state index contributed by atoms with van der Waals surface area (Å²) in [7, 11) is 1.50. The molecular formula is C16H18N2O2. The molecular weight excluding hydrogens is 252 g/mol. The van der Waals surface area contributed by atoms with Crippen molar-refractivity contribution in [3.8, 4) is 0 Å². The lowest BCUT2D eigenvalue weighted by molar-refractivity contribution is 0.419. The third-order valence-corrected chi connectivity index (χ3v) is 4.17. The van der Waals surface area contributed by atoms with Gasteiger partial charge in [-0.05, 0) is 29.9 Å². The van der Waals surface area contributed by atoms with Crippen LogP contribution in [0, 0.1) is 0 Å². The minimum atomic E-state index is -0.277. The van der Waals surface area contributed by atoms with E-state index in [1.165, 1.54) is 37.9 Å². The molecule has 0 aliphatic heterocycles. The molecule has 1 fully saturated rings. The number of hydrogen-bond acceptors (Lipinski definition) is 2. The zero-order valence-corrected chi connectivity index (χ0v) is 11.6. The summed E-state index contributed by atoms with van der Waals surface area (Å²) in [5.41, 5.74) is 1.92. The quantitative estimate of drug-likeness (QED) is 0.854. The van der Waals surface area contributed by atoms with Gasteiger partial charge >= 0.3 is 5.69 Å². The van der Waals surface area contributed by atoms with E-state index in [1.807, 2.05) is 0 Å². The second-order valence-corrected chi connectivity index (χ2v) is 5.49. The van der Waals surface area contributed by atoms with Gasteiger partial charge in [0.05, 0.1) is 6.54 Å². The molecule has 2 aromatic rings. The Balaban J connectivity index is 1.82. The van der Waals surface area contributed by atoms with Gasteiger partial charge in [0.1, 0.15) is 0 Å². The van der Waals surface area contributed by atoms with Crippen molar-refractivity contribution in [3.05, 3.63) is 68.5 Å². The molecule has 4 heteroatoms. The molecule has 1 saturated carbocycles. The SMILES string of the molecule is Cn1c(=O)ccn(Cc2ccc(C3CCC3)cc2)c1=O. The normalized spacial score (nSPS) is 15.1. The molecule has 0 amide bonds. The van der Waals surface area contributed by atoms with Gasteiger partial charge in [-0.15, -0.1) is 0 Å². The largest absolute Gasteiger partial charge is 0.331 e. The van der Waals surface area contributed by atoms with Crippen molar-refractivity contribution < 1.29 is 0 Å². The van der Waals surface area contributed by atoms with Crippen LogP contribution < -0.4 is 11.2 Å². The van der Waals surface area contributed by atoms with Crippen LogP contribution in [-0.4, -0.2) is 9.13 Å². The lowest BCUT2D eigenvalue weighted by atomic mass is 9.80. The summed E-state index contributed by atoms with van der Waals surface area (Å²) < 4.78 is 2.68. The van der Waals surface area contributed by atoms with E-state index in [0.717, 1.165) is 16.0 Å². The van der Waals surface area contributed by atoms with Crippen LogP contribution in [0.5, 0.6) is 0 Å². The van der Waals surface area contributed by atoms with E-state index in [-0.39, 0.29) is 11.2 Å². The van der Waals surface area contributed by atoms with Crippen molar-refractivity contribution in [2.45, 2.75) is 31.7 Å². The maximum absolute atomic E-state index is 12.0. The predicted molar refractivity (Wildman–Crippen MR) is 78.1 cm³/mol. The van der Waals surface area contributed by atoms with Gasteiger partial charge in [0.2, 0.25) is 0 Å². The average molecular weight is 270 g/mol. The predicted octanol–water partition coefficient (Wildman–Crippen LogP) is 1.86. The molecule has 0 atom stereocenters. The molecule has 1 aliphatic carbocycles. The fourth-order valence-electron chi connectivity index (χ4n) is 2.57. The lowest BCUT2D eigenvalue weighted by Gasteiger charge is -2.25. The van der Waals surface area contributed by atoms with Gasteiger partial charge in [-0.3, -0.25) is 13.9 Å². The summed E-state index contributed by atoms with van der Waals surface area (Å²) in [6, 6.07) is 9.89. The first kappa shape index (κ1) is 12.9. The molecule has 0 spiro atoms. The molecule has 0 radical (unpaired) electrons. The molecule has 1 aromatic heterocycles. The van der Waals surface area contributed by atoms with Gasteiger partial charge in [0, 0.05) is 19.3 Å². The molecule has 4 nitrogen and oxygen atoms in total. The molecule has 0 N–H and O–H groups in total. The average Bonchev–Trinajstić information content (AvgIpc) is 2.40. The van der Waals surface area contributed by atoms with Crippen molar-refractivity contribution in [2.24, 2.45) is 7.05 Å². The second kappa shape index (κ2) is 5.12. The van der Waals surface area contributed by atoms with Crippen molar-refractivity contribution in [1.29, 1.82) is 0 Å². The van der Waals surface area contributed by atoms with Crippen molar-refractivity contribution in [3.63, 3.8) is 0 Å². The highest BCUT2D eigenvalue weighted by atomic mass is 16.2. The molecule has 1 heterocycles. The number of hydrogen-bond donors (Lipinski definition) is 0. The summed E-state index contributed by atoms with van der Waals surface area (Å²) >= 11 is 0. The highest BCUT2D eigenvalue weighted by molar-refractivity contribution is 5.26. The Morgan fingerprint density at radius 1 is 1.10 bits per heavy atom. The first-order chi connectivity index (χ1) is 9.65. The summed E-state index contributed by atoms with van der Waals surface area (Å²) in [4.78, 5) is 23.3. The molecule has 0 bridgehead atoms. The Kier molecular flexibility index (Phi) is 3.30. The molecule has 20 heavy (non-hydrogen) atoms. The van der Waals surface area contributed by atoms with Crippen molar-refractivity contribution in [1.82, 2.24) is 9.13 Å². The van der Waals surface area contributed by atoms with Crippen molar-refractivity contribution >= 4 is 0 Å². The van der Waals surface area contributed by atoms with Crippen LogP contribution in [-0.2, 0) is 13.6 Å². The molecule has 1 aromatic carbocycles. The first-order valence-corrected chi connectivity index (χ1v) is 7.00. The first-order valence-electron chi connectivity index (χ1n) is 7.00. The van der Waals surface area contributed by atoms with E-state index in [1.54, 1.807) is 10.8 Å². The van der Waals surface area contributed by atoms with Crippen LogP contribution in [0.3, 0.4) is 0 Å². The van der Waals surface area contributed by atoms with Gasteiger partial charge in [0.25, 0.3) is 5.56 Å². The van der Waals surface area contributed by atoms with Crippen LogP contribution >= 0.6 is 0 Å². The van der Waals surface area contributed by atoms with Crippen LogP contribution in [0.2, 0.25) is 0 Å². The van der Waals surface area contributed by atoms with E-state index in [0.29, 0.717) is 6.54 Å². The maximum Gasteiger partial charge on any atom is 0.331 e. The van der Waals surface area contributed by atoms with E-state index in [2.05, 4.69) is 24.3 Å². The number of benzene rings is 1. The monoisotopic (exact) mass is 270 g/mol. The van der Waals surface area contributed by atoms with Gasteiger partial charge in [-0.2, -0.15) is 0 Å². The van der Waals surface area contributed by atoms with Crippen LogP contribution in [0.4, 0.5) is 0 Å². The lowest BCUT2D eigenvalue weighted by Crippen LogP contribution is -2.37. The highest BCUT2D eigenvalue weighted by Crippen LogP contribution is 2.36. The summed E-state index contributed by atoms with van der Waals surface area (Å²) in [6.07, 6.45) is 5.48. The molecule has 3 rings (SSSR count). The highest BCUT2D eigenvalue weighted by Gasteiger charge is 2.18. The smallest absolute Gasteiger partial charge is 0.296 e.